The van der Waals surface area contributed by atoms with Gasteiger partial charge in [0.25, 0.3) is 0 Å². The summed E-state index contributed by atoms with van der Waals surface area (Å²) in [6.07, 6.45) is -0.407. The first kappa shape index (κ1) is 22.9. The monoisotopic (exact) mass is 449 g/mol. The van der Waals surface area contributed by atoms with E-state index in [0.717, 1.165) is 16.7 Å². The lowest BCUT2D eigenvalue weighted by atomic mass is 9.98. The van der Waals surface area contributed by atoms with Crippen molar-refractivity contribution in [2.75, 3.05) is 0 Å². The van der Waals surface area contributed by atoms with Gasteiger partial charge in [-0.1, -0.05) is 91.0 Å². The molecule has 1 fully saturated rings. The quantitative estimate of drug-likeness (QED) is 0.256. The third kappa shape index (κ3) is 4.89. The van der Waals surface area contributed by atoms with E-state index in [1.165, 1.54) is 0 Å². The van der Waals surface area contributed by atoms with Crippen LogP contribution >= 0.6 is 7.60 Å². The molecule has 5 heteroatoms. The molecule has 0 radical (unpaired) electrons. The van der Waals surface area contributed by atoms with Crippen LogP contribution < -0.4 is 0 Å². The van der Waals surface area contributed by atoms with Gasteiger partial charge in [0.1, 0.15) is 5.78 Å². The van der Waals surface area contributed by atoms with Crippen molar-refractivity contribution in [1.82, 2.24) is 4.90 Å². The van der Waals surface area contributed by atoms with Gasteiger partial charge in [-0.25, -0.2) is 0 Å². The van der Waals surface area contributed by atoms with Crippen LogP contribution in [0.2, 0.25) is 0 Å². The van der Waals surface area contributed by atoms with Crippen molar-refractivity contribution in [3.05, 3.63) is 108 Å². The molecule has 0 aromatic heterocycles. The molecule has 0 spiro atoms. The van der Waals surface area contributed by atoms with Crippen LogP contribution in [0.4, 0.5) is 0 Å². The lowest BCUT2D eigenvalue weighted by Crippen LogP contribution is -2.18. The summed E-state index contributed by atoms with van der Waals surface area (Å²) in [7, 11) is -3.44. The van der Waals surface area contributed by atoms with Crippen LogP contribution in [-0.2, 0) is 13.6 Å². The molecular weight excluding hydrogens is 417 g/mol. The van der Waals surface area contributed by atoms with Gasteiger partial charge in [-0.2, -0.15) is 0 Å². The van der Waals surface area contributed by atoms with Crippen molar-refractivity contribution in [1.29, 1.82) is 0 Å². The van der Waals surface area contributed by atoms with E-state index in [4.69, 9.17) is 9.05 Å². The van der Waals surface area contributed by atoms with E-state index < -0.39 is 7.60 Å². The Morgan fingerprint density at radius 3 is 1.50 bits per heavy atom. The van der Waals surface area contributed by atoms with Gasteiger partial charge < -0.3 is 9.05 Å². The maximum atomic E-state index is 14.3. The molecule has 1 saturated heterocycles. The first-order chi connectivity index (χ1) is 15.4. The van der Waals surface area contributed by atoms with Crippen molar-refractivity contribution in [2.24, 2.45) is 0 Å². The largest absolute Gasteiger partial charge is 0.350 e. The first-order valence-electron chi connectivity index (χ1n) is 11.3. The third-order valence-corrected chi connectivity index (χ3v) is 8.16. The molecule has 0 saturated carbocycles. The fourth-order valence-electron chi connectivity index (χ4n) is 4.42. The molecule has 1 unspecified atom stereocenters. The minimum absolute atomic E-state index is 0.0625. The molecule has 32 heavy (non-hydrogen) atoms. The summed E-state index contributed by atoms with van der Waals surface area (Å²) >= 11 is 0. The van der Waals surface area contributed by atoms with Gasteiger partial charge in [-0.05, 0) is 44.4 Å². The Hall–Kier alpha value is -2.23. The predicted molar refractivity (Wildman–Crippen MR) is 130 cm³/mol. The Kier molecular flexibility index (Phi) is 6.97. The molecule has 0 aliphatic carbocycles. The fourth-order valence-corrected chi connectivity index (χ4v) is 7.10. The second-order valence-electron chi connectivity index (χ2n) is 8.79. The highest BCUT2D eigenvalue weighted by molar-refractivity contribution is 7.55. The van der Waals surface area contributed by atoms with E-state index in [0.29, 0.717) is 0 Å². The number of rotatable bonds is 9. The van der Waals surface area contributed by atoms with Crippen LogP contribution in [0.25, 0.3) is 0 Å². The lowest BCUT2D eigenvalue weighted by Gasteiger charge is -2.25. The van der Waals surface area contributed by atoms with Gasteiger partial charge in [-0.15, -0.1) is 0 Å². The normalized spacial score (nSPS) is 20.8. The van der Waals surface area contributed by atoms with E-state index >= 15 is 0 Å². The van der Waals surface area contributed by atoms with Crippen LogP contribution in [0.1, 0.15) is 56.5 Å². The zero-order chi connectivity index (χ0) is 22.7. The molecule has 3 aromatic carbocycles. The van der Waals surface area contributed by atoms with Crippen molar-refractivity contribution in [3.8, 4) is 0 Å². The maximum Gasteiger partial charge on any atom is 0.350 e. The first-order valence-corrected chi connectivity index (χ1v) is 12.9. The summed E-state index contributed by atoms with van der Waals surface area (Å²) in [6.45, 7) is 7.64. The van der Waals surface area contributed by atoms with Crippen molar-refractivity contribution < 1.29 is 13.6 Å². The Balaban J connectivity index is 1.83. The van der Waals surface area contributed by atoms with Crippen molar-refractivity contribution in [3.63, 3.8) is 0 Å². The second-order valence-corrected chi connectivity index (χ2v) is 10.8. The van der Waals surface area contributed by atoms with Crippen LogP contribution in [0.5, 0.6) is 0 Å². The summed E-state index contributed by atoms with van der Waals surface area (Å²) < 4.78 is 26.4. The number of nitrogens with zero attached hydrogens (tertiary/aromatic N) is 1. The molecule has 1 aliphatic rings. The van der Waals surface area contributed by atoms with Gasteiger partial charge in [0.2, 0.25) is 0 Å². The molecular formula is C27H32NO3P. The highest BCUT2D eigenvalue weighted by Crippen LogP contribution is 2.71. The van der Waals surface area contributed by atoms with Crippen LogP contribution in [0.15, 0.2) is 91.0 Å². The second kappa shape index (κ2) is 9.72. The summed E-state index contributed by atoms with van der Waals surface area (Å²) in [5, 5.41) is 0. The smallest absolute Gasteiger partial charge is 0.305 e. The molecule has 1 aliphatic heterocycles. The third-order valence-electron chi connectivity index (χ3n) is 5.53. The van der Waals surface area contributed by atoms with Gasteiger partial charge in [-0.3, -0.25) is 9.46 Å². The van der Waals surface area contributed by atoms with Crippen LogP contribution in [0.3, 0.4) is 0 Å². The highest BCUT2D eigenvalue weighted by atomic mass is 31.2. The van der Waals surface area contributed by atoms with E-state index in [2.05, 4.69) is 65.6 Å². The van der Waals surface area contributed by atoms with Gasteiger partial charge in [0.15, 0.2) is 0 Å². The van der Waals surface area contributed by atoms with E-state index in [9.17, 15) is 4.57 Å². The standard InChI is InChI=1S/C27H32NO3P/c1-20(2)30-32(29,31-21(3)4)27-26(24-18-12-7-13-19-24)28(27)25(22-14-8-5-9-15-22)23-16-10-6-11-17-23/h5-21,25-27H,1-4H3/t26-,27+,28?/m1/s1. The summed E-state index contributed by atoms with van der Waals surface area (Å²) in [4.78, 5) is 2.30. The van der Waals surface area contributed by atoms with Crippen LogP contribution in [-0.4, -0.2) is 22.9 Å². The number of benzene rings is 3. The summed E-state index contributed by atoms with van der Waals surface area (Å²) in [5.74, 6) is -0.361. The predicted octanol–water partition coefficient (Wildman–Crippen LogP) is 7.20. The lowest BCUT2D eigenvalue weighted by molar-refractivity contribution is 0.138. The molecule has 0 bridgehead atoms. The topological polar surface area (TPSA) is 38.5 Å². The highest BCUT2D eigenvalue weighted by Gasteiger charge is 2.64. The fraction of sp³-hybridized carbons (Fsp3) is 0.333. The van der Waals surface area contributed by atoms with Gasteiger partial charge in [0, 0.05) is 0 Å². The van der Waals surface area contributed by atoms with Crippen molar-refractivity contribution in [2.45, 2.75) is 57.8 Å². The Morgan fingerprint density at radius 1 is 0.688 bits per heavy atom. The average Bonchev–Trinajstić information content (AvgIpc) is 3.51. The number of hydrogen-bond acceptors (Lipinski definition) is 4. The molecule has 3 atom stereocenters. The Bertz CT molecular complexity index is 987. The van der Waals surface area contributed by atoms with E-state index in [1.807, 2.05) is 58.0 Å². The molecule has 4 nitrogen and oxygen atoms in total. The van der Waals surface area contributed by atoms with E-state index in [1.54, 1.807) is 0 Å². The molecule has 4 rings (SSSR count). The molecule has 3 aromatic rings. The summed E-state index contributed by atoms with van der Waals surface area (Å²) in [5.41, 5.74) is 3.43. The number of hydrogen-bond donors (Lipinski definition) is 0. The zero-order valence-corrected chi connectivity index (χ0v) is 20.1. The molecule has 168 valence electrons. The SMILES string of the molecule is CC(C)OP(=O)(OC(C)C)[C@H]1[C@@H](c2ccccc2)N1C(c1ccccc1)c1ccccc1. The molecule has 0 amide bonds. The Morgan fingerprint density at radius 2 is 1.09 bits per heavy atom. The average molecular weight is 450 g/mol. The maximum absolute atomic E-state index is 14.3. The van der Waals surface area contributed by atoms with Gasteiger partial charge >= 0.3 is 7.60 Å². The minimum atomic E-state index is -3.44. The van der Waals surface area contributed by atoms with Gasteiger partial charge in [0.05, 0.1) is 24.3 Å². The molecule has 1 heterocycles. The summed E-state index contributed by atoms with van der Waals surface area (Å²) in [6, 6.07) is 30.9. The van der Waals surface area contributed by atoms with E-state index in [-0.39, 0.29) is 30.1 Å². The Labute approximate surface area is 191 Å². The molecule has 0 N–H and O–H groups in total. The van der Waals surface area contributed by atoms with Crippen molar-refractivity contribution >= 4 is 7.60 Å². The zero-order valence-electron chi connectivity index (χ0n) is 19.2. The minimum Gasteiger partial charge on any atom is -0.305 e. The van der Waals surface area contributed by atoms with Crippen LogP contribution in [0, 0.1) is 0 Å².